The molecule has 0 aromatic carbocycles. The van der Waals surface area contributed by atoms with Gasteiger partial charge in [-0.05, 0) is 31.1 Å². The van der Waals surface area contributed by atoms with Crippen molar-refractivity contribution in [2.45, 2.75) is 52.2 Å². The fourth-order valence-electron chi connectivity index (χ4n) is 3.06. The van der Waals surface area contributed by atoms with E-state index in [9.17, 15) is 15.2 Å². The van der Waals surface area contributed by atoms with Gasteiger partial charge in [-0.15, -0.1) is 0 Å². The molecule has 1 aliphatic heterocycles. The number of rotatable bonds is 6. The number of aliphatic hydroxyl groups is 1. The van der Waals surface area contributed by atoms with E-state index in [0.29, 0.717) is 19.0 Å². The molecule has 0 bridgehead atoms. The lowest BCUT2D eigenvalue weighted by Crippen LogP contribution is -2.54. The van der Waals surface area contributed by atoms with Gasteiger partial charge in [0.15, 0.2) is 0 Å². The maximum Gasteiger partial charge on any atom is 0.235 e. The normalized spacial score (nSPS) is 24.0. The number of amides is 1. The Bertz CT molecular complexity index is 484. The van der Waals surface area contributed by atoms with Gasteiger partial charge in [0.05, 0.1) is 18.7 Å². The lowest BCUT2D eigenvalue weighted by atomic mass is 9.89. The number of carbonyl (C=O) groups is 1. The van der Waals surface area contributed by atoms with Gasteiger partial charge in [0.25, 0.3) is 0 Å². The third-order valence-corrected chi connectivity index (χ3v) is 5.29. The Balaban J connectivity index is 1.73. The molecule has 1 saturated carbocycles. The van der Waals surface area contributed by atoms with E-state index in [1.54, 1.807) is 0 Å². The molecule has 6 nitrogen and oxygen atoms in total. The van der Waals surface area contributed by atoms with Crippen LogP contribution in [0.15, 0.2) is 0 Å². The number of β-amino-alcohol motifs (C(OH)–C–C–N with tert-alkyl or cyclic N) is 1. The predicted molar refractivity (Wildman–Crippen MR) is 93.2 cm³/mol. The van der Waals surface area contributed by atoms with Gasteiger partial charge in [-0.1, -0.05) is 20.8 Å². The van der Waals surface area contributed by atoms with Crippen molar-refractivity contribution in [3.8, 4) is 6.07 Å². The van der Waals surface area contributed by atoms with E-state index in [-0.39, 0.29) is 17.4 Å². The monoisotopic (exact) mass is 336 g/mol. The molecule has 2 fully saturated rings. The van der Waals surface area contributed by atoms with E-state index in [1.165, 1.54) is 0 Å². The minimum Gasteiger partial charge on any atom is -0.391 e. The van der Waals surface area contributed by atoms with Crippen LogP contribution in [0.25, 0.3) is 0 Å². The lowest BCUT2D eigenvalue weighted by Gasteiger charge is -2.38. The number of nitrogens with one attached hydrogen (secondary N) is 1. The maximum atomic E-state index is 12.3. The second-order valence-electron chi connectivity index (χ2n) is 8.60. The van der Waals surface area contributed by atoms with Crippen molar-refractivity contribution < 1.29 is 9.90 Å². The van der Waals surface area contributed by atoms with Gasteiger partial charge >= 0.3 is 0 Å². The molecule has 1 saturated heterocycles. The molecule has 2 atom stereocenters. The van der Waals surface area contributed by atoms with Crippen LogP contribution in [-0.2, 0) is 4.79 Å². The van der Waals surface area contributed by atoms with Crippen molar-refractivity contribution in [2.75, 3.05) is 39.3 Å². The van der Waals surface area contributed by atoms with Crippen LogP contribution < -0.4 is 5.32 Å². The van der Waals surface area contributed by atoms with Crippen molar-refractivity contribution >= 4 is 5.91 Å². The molecule has 1 aliphatic carbocycles. The molecule has 1 heterocycles. The van der Waals surface area contributed by atoms with Gasteiger partial charge in [0.1, 0.15) is 5.54 Å². The van der Waals surface area contributed by atoms with Crippen molar-refractivity contribution in [1.29, 1.82) is 5.26 Å². The molecule has 136 valence electrons. The molecule has 1 amide bonds. The molecule has 2 rings (SSSR count). The highest BCUT2D eigenvalue weighted by molar-refractivity contribution is 5.79. The SMILES string of the molecule is CC(C)(C)[C@H](O)CN1CCN(CC(=O)N[C@@](C)(C#N)C2CC2)CC1. The van der Waals surface area contributed by atoms with Crippen LogP contribution >= 0.6 is 0 Å². The Morgan fingerprint density at radius 3 is 2.21 bits per heavy atom. The van der Waals surface area contributed by atoms with Crippen molar-refractivity contribution in [2.24, 2.45) is 11.3 Å². The standard InChI is InChI=1S/C18H32N4O2/c1-17(2,3)15(23)11-21-7-9-22(10-8-21)12-16(24)20-18(4,13-19)14-5-6-14/h14-15,23H,5-12H2,1-4H3,(H,20,24)/t15-,18+/m1/s1. The van der Waals surface area contributed by atoms with Crippen LogP contribution in [-0.4, -0.2) is 71.7 Å². The van der Waals surface area contributed by atoms with Crippen molar-refractivity contribution in [3.63, 3.8) is 0 Å². The summed E-state index contributed by atoms with van der Waals surface area (Å²) >= 11 is 0. The fraction of sp³-hybridized carbons (Fsp3) is 0.889. The van der Waals surface area contributed by atoms with E-state index in [2.05, 4.69) is 21.2 Å². The lowest BCUT2D eigenvalue weighted by molar-refractivity contribution is -0.124. The van der Waals surface area contributed by atoms with Crippen LogP contribution in [0.2, 0.25) is 0 Å². The first-order chi connectivity index (χ1) is 11.1. The molecule has 2 N–H and O–H groups in total. The zero-order chi connectivity index (χ0) is 18.0. The van der Waals surface area contributed by atoms with E-state index in [0.717, 1.165) is 39.0 Å². The van der Waals surface area contributed by atoms with E-state index >= 15 is 0 Å². The third-order valence-electron chi connectivity index (χ3n) is 5.29. The third kappa shape index (κ3) is 5.17. The Labute approximate surface area is 145 Å². The molecular weight excluding hydrogens is 304 g/mol. The number of piperazine rings is 1. The maximum absolute atomic E-state index is 12.3. The van der Waals surface area contributed by atoms with Gasteiger partial charge in [-0.25, -0.2) is 0 Å². The zero-order valence-electron chi connectivity index (χ0n) is 15.5. The highest BCUT2D eigenvalue weighted by Gasteiger charge is 2.43. The first kappa shape index (κ1) is 19.2. The summed E-state index contributed by atoms with van der Waals surface area (Å²) in [5.41, 5.74) is -0.822. The van der Waals surface area contributed by atoms with Gasteiger partial charge < -0.3 is 10.4 Å². The topological polar surface area (TPSA) is 79.6 Å². The van der Waals surface area contributed by atoms with Crippen LogP contribution in [0.1, 0.15) is 40.5 Å². The number of hydrogen-bond donors (Lipinski definition) is 2. The van der Waals surface area contributed by atoms with Crippen LogP contribution in [0.4, 0.5) is 0 Å². The van der Waals surface area contributed by atoms with Crippen molar-refractivity contribution in [3.05, 3.63) is 0 Å². The summed E-state index contributed by atoms with van der Waals surface area (Å²) in [5, 5.41) is 22.5. The smallest absolute Gasteiger partial charge is 0.235 e. The molecule has 0 unspecified atom stereocenters. The van der Waals surface area contributed by atoms with Gasteiger partial charge in [-0.3, -0.25) is 14.6 Å². The summed E-state index contributed by atoms with van der Waals surface area (Å²) < 4.78 is 0. The first-order valence-electron chi connectivity index (χ1n) is 8.99. The largest absolute Gasteiger partial charge is 0.391 e. The summed E-state index contributed by atoms with van der Waals surface area (Å²) in [5.74, 6) is 0.247. The van der Waals surface area contributed by atoms with Gasteiger partial charge in [0, 0.05) is 32.7 Å². The Kier molecular flexibility index (Phi) is 5.90. The summed E-state index contributed by atoms with van der Waals surface area (Å²) in [7, 11) is 0. The molecule has 0 radical (unpaired) electrons. The molecular formula is C18H32N4O2. The summed E-state index contributed by atoms with van der Waals surface area (Å²) in [4.78, 5) is 16.6. The number of carbonyl (C=O) groups excluding carboxylic acids is 1. The fourth-order valence-corrected chi connectivity index (χ4v) is 3.06. The minimum atomic E-state index is -0.713. The van der Waals surface area contributed by atoms with E-state index < -0.39 is 5.54 Å². The van der Waals surface area contributed by atoms with E-state index in [1.807, 2.05) is 27.7 Å². The number of aliphatic hydroxyl groups excluding tert-OH is 1. The second kappa shape index (κ2) is 7.38. The molecule has 0 spiro atoms. The molecule has 6 heteroatoms. The Hall–Kier alpha value is -1.16. The molecule has 2 aliphatic rings. The number of hydrogen-bond acceptors (Lipinski definition) is 5. The quantitative estimate of drug-likeness (QED) is 0.751. The van der Waals surface area contributed by atoms with Gasteiger partial charge in [0.2, 0.25) is 5.91 Å². The minimum absolute atomic E-state index is 0.0610. The molecule has 0 aromatic heterocycles. The zero-order valence-corrected chi connectivity index (χ0v) is 15.5. The predicted octanol–water partition coefficient (Wildman–Crippen LogP) is 0.819. The first-order valence-corrected chi connectivity index (χ1v) is 8.99. The Morgan fingerprint density at radius 2 is 1.75 bits per heavy atom. The second-order valence-corrected chi connectivity index (χ2v) is 8.60. The number of nitriles is 1. The summed E-state index contributed by atoms with van der Waals surface area (Å²) in [6.07, 6.45) is 1.71. The highest BCUT2D eigenvalue weighted by Crippen LogP contribution is 2.39. The Morgan fingerprint density at radius 1 is 1.21 bits per heavy atom. The van der Waals surface area contributed by atoms with Crippen LogP contribution in [0.3, 0.4) is 0 Å². The van der Waals surface area contributed by atoms with Gasteiger partial charge in [-0.2, -0.15) is 5.26 Å². The molecule has 24 heavy (non-hydrogen) atoms. The van der Waals surface area contributed by atoms with Crippen LogP contribution in [0.5, 0.6) is 0 Å². The summed E-state index contributed by atoms with van der Waals surface area (Å²) in [6.45, 7) is 12.3. The van der Waals surface area contributed by atoms with Crippen molar-refractivity contribution in [1.82, 2.24) is 15.1 Å². The average molecular weight is 336 g/mol. The highest BCUT2D eigenvalue weighted by atomic mass is 16.3. The summed E-state index contributed by atoms with van der Waals surface area (Å²) in [6, 6.07) is 2.26. The van der Waals surface area contributed by atoms with Crippen LogP contribution in [0, 0.1) is 22.7 Å². The average Bonchev–Trinajstić information content (AvgIpc) is 3.33. The molecule has 0 aromatic rings. The van der Waals surface area contributed by atoms with E-state index in [4.69, 9.17) is 0 Å². The number of nitrogens with zero attached hydrogens (tertiary/aromatic N) is 3.